The number of nitrogens with zero attached hydrogens (tertiary/aromatic N) is 3. The van der Waals surface area contributed by atoms with Crippen LogP contribution in [0.1, 0.15) is 6.42 Å². The van der Waals surface area contributed by atoms with E-state index in [0.717, 1.165) is 13.0 Å². The Morgan fingerprint density at radius 2 is 2.00 bits per heavy atom. The number of halogens is 1. The van der Waals surface area contributed by atoms with Crippen LogP contribution in [-0.2, 0) is 10.0 Å². The minimum Gasteiger partial charge on any atom is -0.315 e. The van der Waals surface area contributed by atoms with Crippen molar-refractivity contribution in [3.63, 3.8) is 0 Å². The third-order valence-electron chi connectivity index (χ3n) is 3.60. The van der Waals surface area contributed by atoms with E-state index in [0.29, 0.717) is 19.6 Å². The van der Waals surface area contributed by atoms with Crippen LogP contribution in [0.4, 0.5) is 4.39 Å². The van der Waals surface area contributed by atoms with Gasteiger partial charge in [-0.15, -0.1) is 0 Å². The molecule has 0 atom stereocenters. The fourth-order valence-electron chi connectivity index (χ4n) is 2.42. The van der Waals surface area contributed by atoms with E-state index in [2.05, 4.69) is 10.4 Å². The van der Waals surface area contributed by atoms with E-state index in [1.54, 1.807) is 18.2 Å². The minimum absolute atomic E-state index is 0.0812. The number of sulfonamides is 1. The average molecular weight is 324 g/mol. The van der Waals surface area contributed by atoms with Gasteiger partial charge in [-0.25, -0.2) is 17.5 Å². The normalized spacial score (nSPS) is 17.3. The second kappa shape index (κ2) is 6.15. The molecule has 6 nitrogen and oxygen atoms in total. The molecule has 3 rings (SSSR count). The van der Waals surface area contributed by atoms with Crippen molar-refractivity contribution >= 4 is 10.0 Å². The summed E-state index contributed by atoms with van der Waals surface area (Å²) >= 11 is 0. The van der Waals surface area contributed by atoms with Crippen LogP contribution in [0.15, 0.2) is 41.6 Å². The first-order valence-electron chi connectivity index (χ1n) is 7.09. The van der Waals surface area contributed by atoms with E-state index in [4.69, 9.17) is 0 Å². The van der Waals surface area contributed by atoms with Gasteiger partial charge in [-0.1, -0.05) is 12.1 Å². The molecule has 1 aromatic carbocycles. The van der Waals surface area contributed by atoms with Crippen molar-refractivity contribution in [3.05, 3.63) is 42.5 Å². The van der Waals surface area contributed by atoms with E-state index in [-0.39, 0.29) is 10.6 Å². The Hall–Kier alpha value is -1.77. The number of benzene rings is 1. The Labute approximate surface area is 128 Å². The zero-order valence-corrected chi connectivity index (χ0v) is 12.8. The summed E-state index contributed by atoms with van der Waals surface area (Å²) < 4.78 is 41.7. The Bertz CT molecular complexity index is 752. The van der Waals surface area contributed by atoms with Crippen molar-refractivity contribution in [1.29, 1.82) is 0 Å². The minimum atomic E-state index is -3.60. The summed E-state index contributed by atoms with van der Waals surface area (Å²) in [4.78, 5) is 0.0812. The van der Waals surface area contributed by atoms with Gasteiger partial charge in [0.15, 0.2) is 0 Å². The molecule has 2 heterocycles. The van der Waals surface area contributed by atoms with Crippen LogP contribution in [0.5, 0.6) is 0 Å². The van der Waals surface area contributed by atoms with Crippen molar-refractivity contribution in [1.82, 2.24) is 19.4 Å². The van der Waals surface area contributed by atoms with Gasteiger partial charge < -0.3 is 5.32 Å². The average Bonchev–Trinajstić information content (AvgIpc) is 2.83. The van der Waals surface area contributed by atoms with Gasteiger partial charge >= 0.3 is 0 Å². The van der Waals surface area contributed by atoms with Gasteiger partial charge in [-0.3, -0.25) is 0 Å². The molecule has 1 aromatic heterocycles. The van der Waals surface area contributed by atoms with Gasteiger partial charge in [0.2, 0.25) is 10.0 Å². The highest BCUT2D eigenvalue weighted by Crippen LogP contribution is 2.19. The lowest BCUT2D eigenvalue weighted by atomic mass is 10.3. The predicted octanol–water partition coefficient (Wildman–Crippen LogP) is 0.995. The van der Waals surface area contributed by atoms with E-state index in [1.165, 1.54) is 27.4 Å². The highest BCUT2D eigenvalue weighted by Gasteiger charge is 2.26. The highest BCUT2D eigenvalue weighted by atomic mass is 32.2. The summed E-state index contributed by atoms with van der Waals surface area (Å²) in [5.74, 6) is -0.450. The van der Waals surface area contributed by atoms with Gasteiger partial charge in [0.25, 0.3) is 0 Å². The van der Waals surface area contributed by atoms with E-state index >= 15 is 0 Å². The van der Waals surface area contributed by atoms with Crippen LogP contribution in [0, 0.1) is 5.82 Å². The molecule has 0 bridgehead atoms. The number of para-hydroxylation sites is 1. The van der Waals surface area contributed by atoms with Gasteiger partial charge in [0, 0.05) is 19.6 Å². The maximum absolute atomic E-state index is 13.8. The van der Waals surface area contributed by atoms with Crippen LogP contribution in [0.25, 0.3) is 5.69 Å². The molecule has 2 aromatic rings. The SMILES string of the molecule is O=S(=O)(c1cnn(-c2ccccc2F)c1)N1CCCNCC1. The van der Waals surface area contributed by atoms with Crippen LogP contribution >= 0.6 is 0 Å². The van der Waals surface area contributed by atoms with Gasteiger partial charge in [-0.05, 0) is 25.1 Å². The number of aromatic nitrogens is 2. The third-order valence-corrected chi connectivity index (χ3v) is 5.45. The fraction of sp³-hybridized carbons (Fsp3) is 0.357. The molecule has 0 spiro atoms. The second-order valence-electron chi connectivity index (χ2n) is 5.08. The molecular weight excluding hydrogens is 307 g/mol. The fourth-order valence-corrected chi connectivity index (χ4v) is 3.83. The lowest BCUT2D eigenvalue weighted by Crippen LogP contribution is -2.34. The first-order valence-corrected chi connectivity index (χ1v) is 8.53. The maximum atomic E-state index is 13.8. The van der Waals surface area contributed by atoms with Crippen molar-refractivity contribution < 1.29 is 12.8 Å². The van der Waals surface area contributed by atoms with E-state index in [9.17, 15) is 12.8 Å². The second-order valence-corrected chi connectivity index (χ2v) is 7.02. The Morgan fingerprint density at radius 3 is 2.82 bits per heavy atom. The predicted molar refractivity (Wildman–Crippen MR) is 79.8 cm³/mol. The molecule has 0 aliphatic carbocycles. The maximum Gasteiger partial charge on any atom is 0.246 e. The zero-order valence-electron chi connectivity index (χ0n) is 11.9. The molecule has 0 unspecified atom stereocenters. The Balaban J connectivity index is 1.91. The highest BCUT2D eigenvalue weighted by molar-refractivity contribution is 7.89. The molecule has 1 N–H and O–H groups in total. The summed E-state index contributed by atoms with van der Waals surface area (Å²) in [5.41, 5.74) is 0.224. The number of hydrogen-bond donors (Lipinski definition) is 1. The summed E-state index contributed by atoms with van der Waals surface area (Å²) in [6, 6.07) is 6.11. The van der Waals surface area contributed by atoms with Crippen LogP contribution in [0.3, 0.4) is 0 Å². The topological polar surface area (TPSA) is 67.2 Å². The van der Waals surface area contributed by atoms with Crippen molar-refractivity contribution in [3.8, 4) is 5.69 Å². The first-order chi connectivity index (χ1) is 10.6. The molecule has 0 saturated carbocycles. The molecule has 0 amide bonds. The quantitative estimate of drug-likeness (QED) is 0.914. The van der Waals surface area contributed by atoms with Crippen LogP contribution in [0.2, 0.25) is 0 Å². The Morgan fingerprint density at radius 1 is 1.18 bits per heavy atom. The first kappa shape index (κ1) is 15.1. The van der Waals surface area contributed by atoms with Crippen LogP contribution < -0.4 is 5.32 Å². The van der Waals surface area contributed by atoms with E-state index < -0.39 is 15.8 Å². The molecule has 22 heavy (non-hydrogen) atoms. The van der Waals surface area contributed by atoms with E-state index in [1.807, 2.05) is 0 Å². The molecule has 1 aliphatic heterocycles. The van der Waals surface area contributed by atoms with Gasteiger partial charge in [0.05, 0.1) is 12.4 Å². The molecule has 0 radical (unpaired) electrons. The van der Waals surface area contributed by atoms with Crippen molar-refractivity contribution in [2.24, 2.45) is 0 Å². The summed E-state index contributed by atoms with van der Waals surface area (Å²) in [5, 5.41) is 7.15. The molecule has 1 saturated heterocycles. The molecule has 118 valence electrons. The number of nitrogens with one attached hydrogen (secondary N) is 1. The zero-order chi connectivity index (χ0) is 15.6. The molecule has 1 fully saturated rings. The largest absolute Gasteiger partial charge is 0.315 e. The lowest BCUT2D eigenvalue weighted by Gasteiger charge is -2.18. The smallest absolute Gasteiger partial charge is 0.246 e. The number of rotatable bonds is 3. The van der Waals surface area contributed by atoms with Gasteiger partial charge in [-0.2, -0.15) is 9.40 Å². The number of hydrogen-bond acceptors (Lipinski definition) is 4. The summed E-state index contributed by atoms with van der Waals surface area (Å²) in [6.45, 7) is 2.33. The summed E-state index contributed by atoms with van der Waals surface area (Å²) in [6.07, 6.45) is 3.38. The molecule has 1 aliphatic rings. The standard InChI is InChI=1S/C14H17FN4O2S/c15-13-4-1-2-5-14(13)19-11-12(10-17-19)22(20,21)18-8-3-6-16-7-9-18/h1-2,4-5,10-11,16H,3,6-9H2. The summed E-state index contributed by atoms with van der Waals surface area (Å²) in [7, 11) is -3.60. The van der Waals surface area contributed by atoms with Crippen molar-refractivity contribution in [2.75, 3.05) is 26.2 Å². The lowest BCUT2D eigenvalue weighted by molar-refractivity contribution is 0.432. The third kappa shape index (κ3) is 2.90. The Kier molecular flexibility index (Phi) is 4.23. The van der Waals surface area contributed by atoms with Gasteiger partial charge in [0.1, 0.15) is 16.4 Å². The van der Waals surface area contributed by atoms with Crippen LogP contribution in [-0.4, -0.2) is 48.7 Å². The monoisotopic (exact) mass is 324 g/mol. The van der Waals surface area contributed by atoms with Crippen molar-refractivity contribution in [2.45, 2.75) is 11.3 Å². The molecular formula is C14H17FN4O2S. The molecule has 8 heteroatoms.